The van der Waals surface area contributed by atoms with Crippen molar-refractivity contribution in [2.45, 2.75) is 19.0 Å². The van der Waals surface area contributed by atoms with E-state index in [9.17, 15) is 4.79 Å². The van der Waals surface area contributed by atoms with Gasteiger partial charge in [0.1, 0.15) is 0 Å². The number of rotatable bonds is 5. The third-order valence-corrected chi connectivity index (χ3v) is 4.82. The van der Waals surface area contributed by atoms with Gasteiger partial charge in [-0.25, -0.2) is 9.97 Å². The van der Waals surface area contributed by atoms with Crippen molar-refractivity contribution < 1.29 is 4.79 Å². The Morgan fingerprint density at radius 2 is 1.92 bits per heavy atom. The van der Waals surface area contributed by atoms with Crippen LogP contribution in [0.15, 0.2) is 40.9 Å². The molecule has 0 unspecified atom stereocenters. The van der Waals surface area contributed by atoms with Crippen LogP contribution in [0.3, 0.4) is 0 Å². The highest BCUT2D eigenvalue weighted by atomic mass is 32.2. The van der Waals surface area contributed by atoms with Gasteiger partial charge in [0.25, 0.3) is 0 Å². The van der Waals surface area contributed by atoms with Gasteiger partial charge in [-0.05, 0) is 13.8 Å². The van der Waals surface area contributed by atoms with Crippen molar-refractivity contribution in [3.8, 4) is 11.3 Å². The summed E-state index contributed by atoms with van der Waals surface area (Å²) in [7, 11) is 0. The van der Waals surface area contributed by atoms with Gasteiger partial charge in [-0.1, -0.05) is 42.1 Å². The number of benzene rings is 1. The van der Waals surface area contributed by atoms with Crippen LogP contribution in [0, 0.1) is 13.8 Å². The molecule has 122 valence electrons. The summed E-state index contributed by atoms with van der Waals surface area (Å²) >= 11 is 2.66. The minimum absolute atomic E-state index is 0.143. The Bertz CT molecular complexity index is 851. The predicted molar refractivity (Wildman–Crippen MR) is 96.2 cm³/mol. The molecule has 3 aromatic rings. The van der Waals surface area contributed by atoms with Crippen LogP contribution in [0.2, 0.25) is 0 Å². The van der Waals surface area contributed by atoms with Crippen LogP contribution < -0.4 is 5.32 Å². The van der Waals surface area contributed by atoms with E-state index in [2.05, 4.69) is 25.5 Å². The summed E-state index contributed by atoms with van der Waals surface area (Å²) in [6, 6.07) is 9.85. The van der Waals surface area contributed by atoms with Crippen molar-refractivity contribution >= 4 is 34.1 Å². The lowest BCUT2D eigenvalue weighted by atomic mass is 10.2. The fraction of sp³-hybridized carbons (Fsp3) is 0.188. The first-order valence-electron chi connectivity index (χ1n) is 7.23. The molecule has 1 N–H and O–H groups in total. The largest absolute Gasteiger partial charge is 0.301 e. The average molecular weight is 357 g/mol. The number of anilines is 1. The molecule has 8 heteroatoms. The van der Waals surface area contributed by atoms with E-state index >= 15 is 0 Å². The second-order valence-electron chi connectivity index (χ2n) is 5.01. The topological polar surface area (TPSA) is 80.7 Å². The number of carbonyl (C=O) groups is 1. The Labute approximate surface area is 147 Å². The molecule has 0 spiro atoms. The smallest absolute Gasteiger partial charge is 0.236 e. The third-order valence-electron chi connectivity index (χ3n) is 3.22. The molecular formula is C16H15N5OS2. The zero-order valence-electron chi connectivity index (χ0n) is 13.2. The van der Waals surface area contributed by atoms with Crippen LogP contribution in [0.1, 0.15) is 11.4 Å². The Balaban J connectivity index is 1.57. The molecule has 3 rings (SSSR count). The number of carbonyl (C=O) groups excluding carboxylic acids is 1. The first-order chi connectivity index (χ1) is 11.6. The maximum absolute atomic E-state index is 12.0. The van der Waals surface area contributed by atoms with Gasteiger partial charge in [-0.15, -0.1) is 16.4 Å². The minimum atomic E-state index is -0.143. The zero-order valence-corrected chi connectivity index (χ0v) is 14.8. The first-order valence-corrected chi connectivity index (χ1v) is 9.10. The number of thiazole rings is 1. The lowest BCUT2D eigenvalue weighted by molar-refractivity contribution is -0.113. The monoisotopic (exact) mass is 357 g/mol. The summed E-state index contributed by atoms with van der Waals surface area (Å²) in [4.78, 5) is 20.8. The van der Waals surface area contributed by atoms with Crippen molar-refractivity contribution in [2.75, 3.05) is 11.1 Å². The van der Waals surface area contributed by atoms with E-state index < -0.39 is 0 Å². The molecular weight excluding hydrogens is 342 g/mol. The number of aryl methyl sites for hydroxylation is 2. The number of nitrogens with one attached hydrogen (secondary N) is 1. The van der Waals surface area contributed by atoms with Crippen molar-refractivity contribution in [3.05, 3.63) is 47.1 Å². The van der Waals surface area contributed by atoms with Gasteiger partial charge >= 0.3 is 0 Å². The van der Waals surface area contributed by atoms with Crippen LogP contribution in [-0.4, -0.2) is 31.8 Å². The molecule has 0 atom stereocenters. The lowest BCUT2D eigenvalue weighted by Gasteiger charge is -2.02. The predicted octanol–water partition coefficient (Wildman–Crippen LogP) is 3.34. The molecule has 1 amide bonds. The molecule has 0 radical (unpaired) electrons. The molecule has 24 heavy (non-hydrogen) atoms. The minimum Gasteiger partial charge on any atom is -0.301 e. The molecule has 0 saturated heterocycles. The van der Waals surface area contributed by atoms with E-state index in [1.807, 2.05) is 49.6 Å². The number of thioether (sulfide) groups is 1. The third kappa shape index (κ3) is 4.15. The normalized spacial score (nSPS) is 10.6. The summed E-state index contributed by atoms with van der Waals surface area (Å²) < 4.78 is 0. The zero-order chi connectivity index (χ0) is 16.9. The number of aromatic nitrogens is 4. The molecule has 0 aliphatic heterocycles. The van der Waals surface area contributed by atoms with Gasteiger partial charge in [0, 0.05) is 10.9 Å². The highest BCUT2D eigenvalue weighted by molar-refractivity contribution is 7.99. The molecule has 0 saturated carbocycles. The van der Waals surface area contributed by atoms with Crippen molar-refractivity contribution in [1.82, 2.24) is 20.2 Å². The summed E-state index contributed by atoms with van der Waals surface area (Å²) in [5.74, 6) is 0.0699. The number of hydrogen-bond donors (Lipinski definition) is 1. The maximum Gasteiger partial charge on any atom is 0.236 e. The fourth-order valence-corrected chi connectivity index (χ4v) is 3.22. The summed E-state index contributed by atoms with van der Waals surface area (Å²) in [6.07, 6.45) is 0. The number of hydrogen-bond acceptors (Lipinski definition) is 7. The van der Waals surface area contributed by atoms with Gasteiger partial charge in [-0.2, -0.15) is 5.10 Å². The molecule has 2 aromatic heterocycles. The second kappa shape index (κ2) is 7.50. The van der Waals surface area contributed by atoms with E-state index in [1.165, 1.54) is 23.1 Å². The Kier molecular flexibility index (Phi) is 5.17. The van der Waals surface area contributed by atoms with Crippen LogP contribution in [0.25, 0.3) is 11.3 Å². The van der Waals surface area contributed by atoms with E-state index in [-0.39, 0.29) is 11.7 Å². The maximum atomic E-state index is 12.0. The molecule has 2 heterocycles. The number of amides is 1. The molecule has 0 bridgehead atoms. The van der Waals surface area contributed by atoms with E-state index in [1.54, 1.807) is 0 Å². The molecule has 0 aliphatic rings. The first kappa shape index (κ1) is 16.5. The van der Waals surface area contributed by atoms with E-state index in [0.717, 1.165) is 22.6 Å². The molecule has 1 aromatic carbocycles. The summed E-state index contributed by atoms with van der Waals surface area (Å²) in [5.41, 5.74) is 3.49. The highest BCUT2D eigenvalue weighted by Crippen LogP contribution is 2.24. The van der Waals surface area contributed by atoms with Gasteiger partial charge < -0.3 is 5.32 Å². The SMILES string of the molecule is Cc1nnc(SCC(=O)Nc2nc(-c3ccccc3)cs2)nc1C. The van der Waals surface area contributed by atoms with Crippen LogP contribution in [0.4, 0.5) is 5.13 Å². The fourth-order valence-electron chi connectivity index (χ4n) is 1.86. The van der Waals surface area contributed by atoms with Gasteiger partial charge in [0.05, 0.1) is 22.8 Å². The quantitative estimate of drug-likeness (QED) is 0.705. The summed E-state index contributed by atoms with van der Waals surface area (Å²) in [6.45, 7) is 3.72. The number of nitrogens with zero attached hydrogens (tertiary/aromatic N) is 4. The Morgan fingerprint density at radius 3 is 2.67 bits per heavy atom. The van der Waals surface area contributed by atoms with Crippen LogP contribution >= 0.6 is 23.1 Å². The molecule has 0 aliphatic carbocycles. The van der Waals surface area contributed by atoms with E-state index in [4.69, 9.17) is 0 Å². The molecule has 6 nitrogen and oxygen atoms in total. The highest BCUT2D eigenvalue weighted by Gasteiger charge is 2.10. The molecule has 0 fully saturated rings. The van der Waals surface area contributed by atoms with Crippen LogP contribution in [-0.2, 0) is 4.79 Å². The van der Waals surface area contributed by atoms with Crippen molar-refractivity contribution in [2.24, 2.45) is 0 Å². The lowest BCUT2D eigenvalue weighted by Crippen LogP contribution is -2.14. The average Bonchev–Trinajstić information content (AvgIpc) is 3.05. The van der Waals surface area contributed by atoms with Gasteiger partial charge in [0.15, 0.2) is 5.13 Å². The van der Waals surface area contributed by atoms with Gasteiger partial charge in [0.2, 0.25) is 11.1 Å². The van der Waals surface area contributed by atoms with Crippen LogP contribution in [0.5, 0.6) is 0 Å². The van der Waals surface area contributed by atoms with Crippen molar-refractivity contribution in [1.29, 1.82) is 0 Å². The Hall–Kier alpha value is -2.32. The Morgan fingerprint density at radius 1 is 1.12 bits per heavy atom. The summed E-state index contributed by atoms with van der Waals surface area (Å²) in [5, 5.41) is 13.8. The standard InChI is InChI=1S/C16H15N5OS2/c1-10-11(2)20-21-16(17-10)24-9-14(22)19-15-18-13(8-23-15)12-6-4-3-5-7-12/h3-8H,9H2,1-2H3,(H,18,19,22). The van der Waals surface area contributed by atoms with Gasteiger partial charge in [-0.3, -0.25) is 4.79 Å². The van der Waals surface area contributed by atoms with Crippen molar-refractivity contribution in [3.63, 3.8) is 0 Å². The van der Waals surface area contributed by atoms with E-state index in [0.29, 0.717) is 10.3 Å². The second-order valence-corrected chi connectivity index (χ2v) is 6.81.